The van der Waals surface area contributed by atoms with Gasteiger partial charge in [-0.1, -0.05) is 24.3 Å². The summed E-state index contributed by atoms with van der Waals surface area (Å²) in [6.45, 7) is 8.43. The summed E-state index contributed by atoms with van der Waals surface area (Å²) < 4.78 is 12.3. The number of allylic oxidation sites excluding steroid dienone is 6. The highest BCUT2D eigenvalue weighted by Crippen LogP contribution is 2.40. The molecule has 0 radical (unpaired) electrons. The van der Waals surface area contributed by atoms with Gasteiger partial charge >= 0.3 is 7.12 Å². The van der Waals surface area contributed by atoms with Gasteiger partial charge < -0.3 is 9.31 Å². The average Bonchev–Trinajstić information content (AvgIpc) is 3.07. The molecule has 0 bridgehead atoms. The first kappa shape index (κ1) is 14.2. The number of hydrogen-bond donors (Lipinski definition) is 0. The van der Waals surface area contributed by atoms with E-state index in [9.17, 15) is 0 Å². The Morgan fingerprint density at radius 3 is 2.15 bits per heavy atom. The Kier molecular flexibility index (Phi) is 3.46. The van der Waals surface area contributed by atoms with Crippen LogP contribution in [0.1, 0.15) is 53.4 Å². The smallest absolute Gasteiger partial charge is 0.399 e. The minimum Gasteiger partial charge on any atom is -0.399 e. The van der Waals surface area contributed by atoms with Crippen LogP contribution in [0.4, 0.5) is 0 Å². The van der Waals surface area contributed by atoms with Gasteiger partial charge in [0.05, 0.1) is 11.2 Å². The summed E-state index contributed by atoms with van der Waals surface area (Å²) in [6.07, 6.45) is 14.0. The zero-order valence-corrected chi connectivity index (χ0v) is 13.1. The van der Waals surface area contributed by atoms with Gasteiger partial charge in [0.15, 0.2) is 0 Å². The maximum absolute atomic E-state index is 6.15. The van der Waals surface area contributed by atoms with Gasteiger partial charge in [-0.15, -0.1) is 0 Å². The first-order chi connectivity index (χ1) is 9.39. The lowest BCUT2D eigenvalue weighted by atomic mass is 9.76. The highest BCUT2D eigenvalue weighted by molar-refractivity contribution is 6.55. The van der Waals surface area contributed by atoms with Crippen molar-refractivity contribution in [3.63, 3.8) is 0 Å². The Balaban J connectivity index is 1.77. The van der Waals surface area contributed by atoms with Crippen LogP contribution in [-0.4, -0.2) is 18.3 Å². The molecule has 3 rings (SSSR count). The van der Waals surface area contributed by atoms with Crippen molar-refractivity contribution in [2.45, 2.75) is 64.6 Å². The van der Waals surface area contributed by atoms with Crippen molar-refractivity contribution in [3.05, 3.63) is 35.3 Å². The number of hydrogen-bond acceptors (Lipinski definition) is 2. The van der Waals surface area contributed by atoms with Crippen molar-refractivity contribution in [1.29, 1.82) is 0 Å². The molecule has 0 N–H and O–H groups in total. The second-order valence-electron chi connectivity index (χ2n) is 7.18. The largest absolute Gasteiger partial charge is 0.494 e. The molecule has 2 aliphatic carbocycles. The van der Waals surface area contributed by atoms with Gasteiger partial charge in [0.2, 0.25) is 0 Å². The molecule has 108 valence electrons. The summed E-state index contributed by atoms with van der Waals surface area (Å²) >= 11 is 0. The van der Waals surface area contributed by atoms with Crippen LogP contribution in [0.25, 0.3) is 0 Å². The van der Waals surface area contributed by atoms with E-state index in [1.165, 1.54) is 23.9 Å². The van der Waals surface area contributed by atoms with Crippen molar-refractivity contribution >= 4 is 7.12 Å². The molecule has 1 saturated carbocycles. The lowest BCUT2D eigenvalue weighted by molar-refractivity contribution is 0.00578. The molecule has 0 amide bonds. The van der Waals surface area contributed by atoms with Crippen LogP contribution < -0.4 is 0 Å². The van der Waals surface area contributed by atoms with Crippen LogP contribution in [-0.2, 0) is 9.31 Å². The molecule has 3 heteroatoms. The Bertz CT molecular complexity index is 465. The van der Waals surface area contributed by atoms with Gasteiger partial charge in [-0.3, -0.25) is 0 Å². The minimum absolute atomic E-state index is 0.227. The van der Waals surface area contributed by atoms with Crippen LogP contribution in [0.3, 0.4) is 0 Å². The highest BCUT2D eigenvalue weighted by Gasteiger charge is 2.51. The summed E-state index contributed by atoms with van der Waals surface area (Å²) in [4.78, 5) is 0. The summed E-state index contributed by atoms with van der Waals surface area (Å²) in [5, 5.41) is 0. The Morgan fingerprint density at radius 2 is 1.55 bits per heavy atom. The van der Waals surface area contributed by atoms with E-state index in [0.717, 1.165) is 18.8 Å². The van der Waals surface area contributed by atoms with Crippen LogP contribution in [0.15, 0.2) is 35.3 Å². The van der Waals surface area contributed by atoms with Gasteiger partial charge in [0, 0.05) is 0 Å². The minimum atomic E-state index is -0.260. The third-order valence-electron chi connectivity index (χ3n) is 4.97. The molecule has 2 fully saturated rings. The summed E-state index contributed by atoms with van der Waals surface area (Å²) in [5.41, 5.74) is 2.16. The zero-order chi connectivity index (χ0) is 14.4. The van der Waals surface area contributed by atoms with E-state index >= 15 is 0 Å². The molecule has 0 aromatic carbocycles. The molecule has 1 heterocycles. The van der Waals surface area contributed by atoms with E-state index in [1.807, 2.05) is 0 Å². The fraction of sp³-hybridized carbons (Fsp3) is 0.647. The van der Waals surface area contributed by atoms with Crippen LogP contribution in [0.2, 0.25) is 0 Å². The monoisotopic (exact) mass is 272 g/mol. The normalized spacial score (nSPS) is 35.5. The van der Waals surface area contributed by atoms with Crippen molar-refractivity contribution in [3.8, 4) is 0 Å². The first-order valence-corrected chi connectivity index (χ1v) is 7.83. The van der Waals surface area contributed by atoms with E-state index < -0.39 is 0 Å². The molecular weight excluding hydrogens is 247 g/mol. The maximum atomic E-state index is 6.15. The fourth-order valence-corrected chi connectivity index (χ4v) is 2.70. The van der Waals surface area contributed by atoms with Gasteiger partial charge in [0.1, 0.15) is 0 Å². The van der Waals surface area contributed by atoms with Crippen LogP contribution >= 0.6 is 0 Å². The predicted octanol–water partition coefficient (Wildman–Crippen LogP) is 4.23. The Labute approximate surface area is 123 Å². The van der Waals surface area contributed by atoms with Crippen molar-refractivity contribution in [1.82, 2.24) is 0 Å². The van der Waals surface area contributed by atoms with Gasteiger partial charge in [-0.2, -0.15) is 0 Å². The Hall–Kier alpha value is -0.795. The van der Waals surface area contributed by atoms with E-state index in [1.54, 1.807) is 0 Å². The van der Waals surface area contributed by atoms with Gasteiger partial charge in [0.25, 0.3) is 0 Å². The van der Waals surface area contributed by atoms with Crippen LogP contribution in [0.5, 0.6) is 0 Å². The SMILES string of the molecule is CC1(C)OB(C2=C/CC/C=C(C3CC3)/C=C\2)OC1(C)C. The van der Waals surface area contributed by atoms with E-state index in [4.69, 9.17) is 9.31 Å². The number of rotatable bonds is 2. The van der Waals surface area contributed by atoms with Crippen molar-refractivity contribution in [2.24, 2.45) is 5.92 Å². The zero-order valence-electron chi connectivity index (χ0n) is 13.1. The molecule has 1 aliphatic heterocycles. The molecular formula is C17H25BO2. The van der Waals surface area contributed by atoms with E-state index in [-0.39, 0.29) is 18.3 Å². The molecule has 2 nitrogen and oxygen atoms in total. The third kappa shape index (κ3) is 2.66. The lowest BCUT2D eigenvalue weighted by Crippen LogP contribution is -2.41. The molecule has 0 aromatic rings. The molecule has 1 saturated heterocycles. The van der Waals surface area contributed by atoms with E-state index in [2.05, 4.69) is 52.0 Å². The Morgan fingerprint density at radius 1 is 0.950 bits per heavy atom. The predicted molar refractivity (Wildman–Crippen MR) is 83.3 cm³/mol. The first-order valence-electron chi connectivity index (χ1n) is 7.83. The quantitative estimate of drug-likeness (QED) is 0.700. The summed E-state index contributed by atoms with van der Waals surface area (Å²) in [5.74, 6) is 0.809. The topological polar surface area (TPSA) is 18.5 Å². The van der Waals surface area contributed by atoms with Gasteiger partial charge in [-0.05, 0) is 70.3 Å². The molecule has 0 spiro atoms. The van der Waals surface area contributed by atoms with E-state index in [0.29, 0.717) is 0 Å². The standard InChI is InChI=1S/C17H25BO2/c1-16(2)17(3,4)20-18(19-16)15-8-6-5-7-13(11-12-15)14-9-10-14/h7-8,11-12,14H,5-6,9-10H2,1-4H3/b12-11-,13-7-,15-8+. The maximum Gasteiger partial charge on any atom is 0.494 e. The molecule has 0 aromatic heterocycles. The van der Waals surface area contributed by atoms with Gasteiger partial charge in [-0.25, -0.2) is 0 Å². The van der Waals surface area contributed by atoms with Crippen molar-refractivity contribution < 1.29 is 9.31 Å². The molecule has 0 unspecified atom stereocenters. The second kappa shape index (κ2) is 4.89. The molecule has 20 heavy (non-hydrogen) atoms. The highest BCUT2D eigenvalue weighted by atomic mass is 16.7. The average molecular weight is 272 g/mol. The summed E-state index contributed by atoms with van der Waals surface area (Å²) in [7, 11) is -0.227. The molecule has 3 aliphatic rings. The lowest BCUT2D eigenvalue weighted by Gasteiger charge is -2.32. The van der Waals surface area contributed by atoms with Crippen LogP contribution in [0, 0.1) is 5.92 Å². The summed E-state index contributed by atoms with van der Waals surface area (Å²) in [6, 6.07) is 0. The molecule has 0 atom stereocenters. The fourth-order valence-electron chi connectivity index (χ4n) is 2.70. The third-order valence-corrected chi connectivity index (χ3v) is 4.97. The second-order valence-corrected chi connectivity index (χ2v) is 7.18. The van der Waals surface area contributed by atoms with Crippen molar-refractivity contribution in [2.75, 3.05) is 0 Å².